The molecule has 10 heteroatoms. The first-order chi connectivity index (χ1) is 12.0. The molecule has 0 radical (unpaired) electrons. The number of rotatable bonds is 7. The average Bonchev–Trinajstić information content (AvgIpc) is 3.24. The van der Waals surface area contributed by atoms with Crippen molar-refractivity contribution in [3.05, 3.63) is 42.5 Å². The number of ether oxygens (including phenoxy) is 1. The van der Waals surface area contributed by atoms with Crippen LogP contribution in [0, 0.1) is 5.82 Å². The molecule has 2 N–H and O–H groups in total. The molecule has 2 heterocycles. The third-order valence-electron chi connectivity index (χ3n) is 4.32. The number of sulfonamides is 1. The second-order valence-electron chi connectivity index (χ2n) is 6.14. The van der Waals surface area contributed by atoms with E-state index in [0.717, 1.165) is 19.4 Å². The fourth-order valence-electron chi connectivity index (χ4n) is 3.00. The molecule has 1 atom stereocenters. The van der Waals surface area contributed by atoms with Crippen LogP contribution in [0.25, 0.3) is 5.69 Å². The number of nitrogens with zero attached hydrogens (tertiary/aromatic N) is 2. The zero-order valence-electron chi connectivity index (χ0n) is 14.3. The fraction of sp³-hybridized carbons (Fsp3) is 0.438. The zero-order chi connectivity index (χ0) is 17.9. The van der Waals surface area contributed by atoms with E-state index in [1.54, 1.807) is 19.2 Å². The van der Waals surface area contributed by atoms with Gasteiger partial charge in [0.05, 0.1) is 24.5 Å². The summed E-state index contributed by atoms with van der Waals surface area (Å²) in [5, 5.41) is 7.28. The third kappa shape index (κ3) is 4.41. The Kier molecular flexibility index (Phi) is 6.75. The van der Waals surface area contributed by atoms with Crippen molar-refractivity contribution in [3.63, 3.8) is 0 Å². The summed E-state index contributed by atoms with van der Waals surface area (Å²) in [5.74, 6) is -0.475. The van der Waals surface area contributed by atoms with Gasteiger partial charge in [0.25, 0.3) is 0 Å². The summed E-state index contributed by atoms with van der Waals surface area (Å²) in [6, 6.07) is 6.05. The molecule has 0 spiro atoms. The second kappa shape index (κ2) is 8.45. The number of nitrogens with one attached hydrogen (secondary N) is 2. The predicted molar refractivity (Wildman–Crippen MR) is 97.8 cm³/mol. The van der Waals surface area contributed by atoms with Crippen molar-refractivity contribution in [2.24, 2.45) is 0 Å². The van der Waals surface area contributed by atoms with Crippen molar-refractivity contribution >= 4 is 22.4 Å². The molecular weight excluding hydrogens is 383 g/mol. The molecule has 3 rings (SSSR count). The van der Waals surface area contributed by atoms with Crippen LogP contribution in [-0.2, 0) is 14.8 Å². The Hall–Kier alpha value is -1.52. The van der Waals surface area contributed by atoms with Crippen LogP contribution in [0.5, 0.6) is 0 Å². The minimum Gasteiger partial charge on any atom is -0.383 e. The number of hydrogen-bond acceptors (Lipinski definition) is 5. The van der Waals surface area contributed by atoms with Gasteiger partial charge < -0.3 is 10.1 Å². The van der Waals surface area contributed by atoms with Gasteiger partial charge >= 0.3 is 0 Å². The molecule has 0 bridgehead atoms. The Balaban J connectivity index is 0.00000243. The highest BCUT2D eigenvalue weighted by Gasteiger charge is 2.35. The minimum absolute atomic E-state index is 0. The maximum absolute atomic E-state index is 13.8. The number of para-hydroxylation sites is 1. The van der Waals surface area contributed by atoms with Gasteiger partial charge in [0.2, 0.25) is 10.0 Å². The number of aromatic nitrogens is 2. The molecule has 0 saturated carbocycles. The van der Waals surface area contributed by atoms with Crippen molar-refractivity contribution in [1.29, 1.82) is 0 Å². The van der Waals surface area contributed by atoms with Crippen molar-refractivity contribution in [3.8, 4) is 5.69 Å². The predicted octanol–water partition coefficient (Wildman–Crippen LogP) is 1.48. The van der Waals surface area contributed by atoms with Crippen LogP contribution >= 0.6 is 12.4 Å². The summed E-state index contributed by atoms with van der Waals surface area (Å²) >= 11 is 0. The minimum atomic E-state index is -3.76. The third-order valence-corrected chi connectivity index (χ3v) is 5.68. The molecule has 1 fully saturated rings. The SMILES string of the molecule is COCC1(CNS(=O)(=O)c2cnn(-c3ccccc3F)c2)CCCN1.Cl. The van der Waals surface area contributed by atoms with Gasteiger partial charge in [-0.15, -0.1) is 12.4 Å². The summed E-state index contributed by atoms with van der Waals surface area (Å²) in [6.45, 7) is 1.47. The molecule has 2 aromatic rings. The summed E-state index contributed by atoms with van der Waals surface area (Å²) in [5.41, 5.74) is -0.208. The number of benzene rings is 1. The lowest BCUT2D eigenvalue weighted by molar-refractivity contribution is 0.122. The van der Waals surface area contributed by atoms with E-state index in [-0.39, 0.29) is 29.5 Å². The first kappa shape index (κ1) is 20.8. The lowest BCUT2D eigenvalue weighted by Crippen LogP contribution is -2.52. The van der Waals surface area contributed by atoms with Crippen molar-refractivity contribution in [2.75, 3.05) is 26.8 Å². The maximum Gasteiger partial charge on any atom is 0.243 e. The zero-order valence-corrected chi connectivity index (χ0v) is 15.9. The largest absolute Gasteiger partial charge is 0.383 e. The summed E-state index contributed by atoms with van der Waals surface area (Å²) in [7, 11) is -2.16. The quantitative estimate of drug-likeness (QED) is 0.730. The summed E-state index contributed by atoms with van der Waals surface area (Å²) in [6.07, 6.45) is 4.31. The lowest BCUT2D eigenvalue weighted by Gasteiger charge is -2.28. The Morgan fingerprint density at radius 3 is 2.85 bits per heavy atom. The summed E-state index contributed by atoms with van der Waals surface area (Å²) in [4.78, 5) is -0.0127. The monoisotopic (exact) mass is 404 g/mol. The van der Waals surface area contributed by atoms with Crippen LogP contribution in [0.4, 0.5) is 4.39 Å². The topological polar surface area (TPSA) is 85.2 Å². The van der Waals surface area contributed by atoms with Crippen molar-refractivity contribution in [1.82, 2.24) is 19.8 Å². The molecule has 26 heavy (non-hydrogen) atoms. The van der Waals surface area contributed by atoms with E-state index in [0.29, 0.717) is 6.61 Å². The maximum atomic E-state index is 13.8. The molecular formula is C16H22ClFN4O3S. The van der Waals surface area contributed by atoms with Crippen molar-refractivity contribution < 1.29 is 17.5 Å². The average molecular weight is 405 g/mol. The molecule has 1 aliphatic heterocycles. The number of halogens is 2. The van der Waals surface area contributed by atoms with Crippen LogP contribution in [0.15, 0.2) is 41.6 Å². The Morgan fingerprint density at radius 2 is 2.19 bits per heavy atom. The van der Waals surface area contributed by atoms with Gasteiger partial charge in [-0.05, 0) is 31.5 Å². The fourth-order valence-corrected chi connectivity index (χ4v) is 4.06. The highest BCUT2D eigenvalue weighted by Crippen LogP contribution is 2.20. The Morgan fingerprint density at radius 1 is 1.42 bits per heavy atom. The highest BCUT2D eigenvalue weighted by molar-refractivity contribution is 7.89. The van der Waals surface area contributed by atoms with E-state index in [2.05, 4.69) is 15.1 Å². The Labute approximate surface area is 158 Å². The molecule has 1 aromatic heterocycles. The van der Waals surface area contributed by atoms with Gasteiger partial charge in [0.15, 0.2) is 0 Å². The first-order valence-corrected chi connectivity index (χ1v) is 9.47. The first-order valence-electron chi connectivity index (χ1n) is 7.99. The Bertz CT molecular complexity index is 838. The van der Waals surface area contributed by atoms with Gasteiger partial charge in [-0.1, -0.05) is 12.1 Å². The molecule has 144 valence electrons. The molecule has 0 aliphatic carbocycles. The van der Waals surface area contributed by atoms with Gasteiger partial charge in [0.1, 0.15) is 16.4 Å². The summed E-state index contributed by atoms with van der Waals surface area (Å²) < 4.78 is 47.9. The van der Waals surface area contributed by atoms with Crippen LogP contribution in [0.3, 0.4) is 0 Å². The molecule has 1 unspecified atom stereocenters. The standard InChI is InChI=1S/C16H21FN4O3S.ClH/c1-24-12-16(7-4-8-18-16)11-20-25(22,23)13-9-19-21(10-13)15-6-3-2-5-14(15)17;/h2-3,5-6,9-10,18,20H,4,7-8,11-12H2,1H3;1H. The highest BCUT2D eigenvalue weighted by atomic mass is 35.5. The van der Waals surface area contributed by atoms with Gasteiger partial charge in [-0.3, -0.25) is 0 Å². The van der Waals surface area contributed by atoms with E-state index in [4.69, 9.17) is 4.74 Å². The van der Waals surface area contributed by atoms with E-state index in [1.165, 1.54) is 29.2 Å². The molecule has 0 amide bonds. The van der Waals surface area contributed by atoms with Gasteiger partial charge in [0, 0.05) is 13.7 Å². The number of methoxy groups -OCH3 is 1. The van der Waals surface area contributed by atoms with Crippen LogP contribution in [0.2, 0.25) is 0 Å². The molecule has 1 aliphatic rings. The van der Waals surface area contributed by atoms with Crippen LogP contribution in [0.1, 0.15) is 12.8 Å². The van der Waals surface area contributed by atoms with Crippen LogP contribution < -0.4 is 10.0 Å². The van der Waals surface area contributed by atoms with E-state index < -0.39 is 21.4 Å². The number of hydrogen-bond donors (Lipinski definition) is 2. The second-order valence-corrected chi connectivity index (χ2v) is 7.91. The van der Waals surface area contributed by atoms with E-state index in [1.807, 2.05) is 0 Å². The van der Waals surface area contributed by atoms with Crippen LogP contribution in [-0.4, -0.2) is 50.5 Å². The van der Waals surface area contributed by atoms with Gasteiger partial charge in [-0.25, -0.2) is 22.2 Å². The smallest absolute Gasteiger partial charge is 0.243 e. The van der Waals surface area contributed by atoms with E-state index in [9.17, 15) is 12.8 Å². The van der Waals surface area contributed by atoms with Crippen molar-refractivity contribution in [2.45, 2.75) is 23.3 Å². The normalized spacial score (nSPS) is 20.1. The molecule has 7 nitrogen and oxygen atoms in total. The lowest BCUT2D eigenvalue weighted by atomic mass is 9.99. The van der Waals surface area contributed by atoms with Gasteiger partial charge in [-0.2, -0.15) is 5.10 Å². The molecule has 1 saturated heterocycles. The van der Waals surface area contributed by atoms with E-state index >= 15 is 0 Å². The molecule has 1 aromatic carbocycles.